The lowest BCUT2D eigenvalue weighted by molar-refractivity contribution is 1.09. The van der Waals surface area contributed by atoms with Gasteiger partial charge in [0.25, 0.3) is 0 Å². The van der Waals surface area contributed by atoms with Gasteiger partial charge in [-0.1, -0.05) is 188 Å². The van der Waals surface area contributed by atoms with Crippen molar-refractivity contribution in [2.75, 3.05) is 0 Å². The van der Waals surface area contributed by atoms with E-state index in [9.17, 15) is 0 Å². The molecule has 7 aromatic rings. The lowest BCUT2D eigenvalue weighted by Gasteiger charge is -2.11. The molecule has 0 aliphatic carbocycles. The fourth-order valence-corrected chi connectivity index (χ4v) is 7.08. The lowest BCUT2D eigenvalue weighted by Crippen LogP contribution is -1.94. The summed E-state index contributed by atoms with van der Waals surface area (Å²) in [6.07, 6.45) is 3.75. The Kier molecular flexibility index (Phi) is 15.0. The summed E-state index contributed by atoms with van der Waals surface area (Å²) in [7, 11) is 0. The predicted molar refractivity (Wildman–Crippen MR) is 225 cm³/mol. The molecule has 2 aromatic heterocycles. The molecule has 7 rings (SSSR count). The van der Waals surface area contributed by atoms with Crippen molar-refractivity contribution in [3.8, 4) is 33.8 Å². The van der Waals surface area contributed by atoms with Crippen LogP contribution in [0.1, 0.15) is 71.9 Å². The van der Waals surface area contributed by atoms with E-state index in [1.54, 1.807) is 23.1 Å². The average molecular weight is 695 g/mol. The van der Waals surface area contributed by atoms with E-state index >= 15 is 0 Å². The summed E-state index contributed by atoms with van der Waals surface area (Å²) in [5.41, 5.74) is 7.72. The van der Waals surface area contributed by atoms with Crippen LogP contribution < -0.4 is 0 Å². The highest BCUT2D eigenvalue weighted by Gasteiger charge is 2.17. The van der Waals surface area contributed by atoms with E-state index in [0.29, 0.717) is 0 Å². The molecule has 5 aromatic carbocycles. The molecule has 2 heterocycles. The van der Waals surface area contributed by atoms with Crippen LogP contribution >= 0.6 is 23.1 Å². The second-order valence-corrected chi connectivity index (χ2v) is 14.3. The number of hydrogen-bond donors (Lipinski definition) is 0. The van der Waals surface area contributed by atoms with Crippen molar-refractivity contribution < 1.29 is 0 Å². The molecular weight excluding hydrogens is 645 g/mol. The van der Waals surface area contributed by atoms with Crippen LogP contribution in [0.3, 0.4) is 0 Å². The van der Waals surface area contributed by atoms with Gasteiger partial charge in [-0.3, -0.25) is 0 Å². The first-order valence-electron chi connectivity index (χ1n) is 17.8. The van der Waals surface area contributed by atoms with Gasteiger partial charge >= 0.3 is 0 Å². The number of aryl methyl sites for hydroxylation is 1. The van der Waals surface area contributed by atoms with Crippen molar-refractivity contribution in [1.29, 1.82) is 0 Å². The molecule has 256 valence electrons. The summed E-state index contributed by atoms with van der Waals surface area (Å²) >= 11 is 3.43. The second kappa shape index (κ2) is 19.6. The Labute approximate surface area is 308 Å². The van der Waals surface area contributed by atoms with Gasteiger partial charge in [-0.25, -0.2) is 9.97 Å². The maximum Gasteiger partial charge on any atom is 0.161 e. The van der Waals surface area contributed by atoms with Gasteiger partial charge in [0, 0.05) is 36.4 Å². The van der Waals surface area contributed by atoms with Crippen molar-refractivity contribution in [2.24, 2.45) is 0 Å². The number of rotatable bonds is 6. The van der Waals surface area contributed by atoms with Crippen LogP contribution in [0.25, 0.3) is 59.0 Å². The molecule has 0 saturated heterocycles. The Morgan fingerprint density at radius 1 is 0.600 bits per heavy atom. The monoisotopic (exact) mass is 694 g/mol. The van der Waals surface area contributed by atoms with Gasteiger partial charge in [0.15, 0.2) is 5.82 Å². The van der Waals surface area contributed by atoms with Crippen molar-refractivity contribution in [3.05, 3.63) is 145 Å². The highest BCUT2D eigenvalue weighted by molar-refractivity contribution is 8.08. The fraction of sp³-hybridized carbons (Fsp3) is 0.217. The number of thioether (sulfide) groups is 1. The molecular formula is C46H50N2S2. The SMILES string of the molecule is C=C(Sc1ccccc1C)c1ccc(-c2nc(-c3cccc(-c4ccccc4)c3)nc3sc4ccccc4c23)cc1.CCC.CCC.CCC. The molecule has 50 heavy (non-hydrogen) atoms. The van der Waals surface area contributed by atoms with Gasteiger partial charge < -0.3 is 0 Å². The summed E-state index contributed by atoms with van der Waals surface area (Å²) in [6.45, 7) is 19.3. The van der Waals surface area contributed by atoms with Crippen LogP contribution in [0.4, 0.5) is 0 Å². The fourth-order valence-electron chi connectivity index (χ4n) is 5.11. The first-order valence-corrected chi connectivity index (χ1v) is 19.4. The highest BCUT2D eigenvalue weighted by atomic mass is 32.2. The highest BCUT2D eigenvalue weighted by Crippen LogP contribution is 2.41. The van der Waals surface area contributed by atoms with Crippen molar-refractivity contribution in [1.82, 2.24) is 9.97 Å². The Morgan fingerprint density at radius 3 is 1.86 bits per heavy atom. The van der Waals surface area contributed by atoms with Crippen LogP contribution in [0, 0.1) is 6.92 Å². The molecule has 0 fully saturated rings. The number of benzene rings is 5. The Morgan fingerprint density at radius 2 is 1.18 bits per heavy atom. The van der Waals surface area contributed by atoms with Gasteiger partial charge in [-0.2, -0.15) is 0 Å². The standard InChI is InChI=1S/C37H26N2S2.3C3H8/c1-24-11-6-8-17-32(24)40-25(2)26-19-21-28(22-20-26)35-34-31-16-7-9-18-33(31)41-37(34)39-36(38-35)30-15-10-14-29(23-30)27-12-4-3-5-13-27;3*1-3-2/h3-23H,2H2,1H3;3*3H2,1-2H3. The minimum Gasteiger partial charge on any atom is -0.227 e. The Balaban J connectivity index is 0.000000567. The van der Waals surface area contributed by atoms with Crippen molar-refractivity contribution in [2.45, 2.75) is 72.6 Å². The number of nitrogens with zero attached hydrogens (tertiary/aromatic N) is 2. The van der Waals surface area contributed by atoms with Crippen molar-refractivity contribution >= 4 is 48.3 Å². The largest absolute Gasteiger partial charge is 0.227 e. The zero-order valence-corrected chi connectivity index (χ0v) is 32.3. The number of fused-ring (bicyclic) bond motifs is 3. The first-order chi connectivity index (χ1) is 24.4. The Bertz CT molecular complexity index is 2090. The lowest BCUT2D eigenvalue weighted by atomic mass is 10.0. The minimum absolute atomic E-state index is 0.737. The van der Waals surface area contributed by atoms with Gasteiger partial charge in [0.2, 0.25) is 0 Å². The maximum atomic E-state index is 5.22. The molecule has 0 radical (unpaired) electrons. The van der Waals surface area contributed by atoms with Crippen LogP contribution in [-0.2, 0) is 0 Å². The quantitative estimate of drug-likeness (QED) is 0.162. The number of aromatic nitrogens is 2. The molecule has 0 atom stereocenters. The van der Waals surface area contributed by atoms with E-state index < -0.39 is 0 Å². The molecule has 0 aliphatic rings. The Hall–Kier alpha value is -4.51. The van der Waals surface area contributed by atoms with E-state index in [4.69, 9.17) is 9.97 Å². The molecule has 0 spiro atoms. The minimum atomic E-state index is 0.737. The second-order valence-electron chi connectivity index (χ2n) is 12.1. The maximum absolute atomic E-state index is 5.22. The third-order valence-electron chi connectivity index (χ3n) is 7.27. The molecule has 0 unspecified atom stereocenters. The van der Waals surface area contributed by atoms with Crippen molar-refractivity contribution in [3.63, 3.8) is 0 Å². The van der Waals surface area contributed by atoms with Gasteiger partial charge in [0.1, 0.15) is 4.83 Å². The molecule has 0 aliphatic heterocycles. The van der Waals surface area contributed by atoms with Crippen LogP contribution in [0.5, 0.6) is 0 Å². The normalized spacial score (nSPS) is 10.3. The third-order valence-corrected chi connectivity index (χ3v) is 9.50. The van der Waals surface area contributed by atoms with E-state index in [0.717, 1.165) is 48.9 Å². The van der Waals surface area contributed by atoms with Gasteiger partial charge in [-0.05, 0) is 47.4 Å². The summed E-state index contributed by atoms with van der Waals surface area (Å²) < 4.78 is 1.22. The van der Waals surface area contributed by atoms with Crippen LogP contribution in [0.15, 0.2) is 139 Å². The number of hydrogen-bond acceptors (Lipinski definition) is 4. The zero-order valence-electron chi connectivity index (χ0n) is 30.7. The van der Waals surface area contributed by atoms with Crippen LogP contribution in [0.2, 0.25) is 0 Å². The molecule has 2 nitrogen and oxygen atoms in total. The van der Waals surface area contributed by atoms with Gasteiger partial charge in [0.05, 0.1) is 5.69 Å². The van der Waals surface area contributed by atoms with E-state index in [-0.39, 0.29) is 0 Å². The smallest absolute Gasteiger partial charge is 0.161 e. The molecule has 0 N–H and O–H groups in total. The molecule has 4 heteroatoms. The van der Waals surface area contributed by atoms with Crippen LogP contribution in [-0.4, -0.2) is 9.97 Å². The summed E-state index contributed by atoms with van der Waals surface area (Å²) in [5, 5.41) is 2.30. The summed E-state index contributed by atoms with van der Waals surface area (Å²) in [4.78, 5) is 13.6. The molecule has 0 bridgehead atoms. The third kappa shape index (κ3) is 9.80. The van der Waals surface area contributed by atoms with Gasteiger partial charge in [-0.15, -0.1) is 11.3 Å². The van der Waals surface area contributed by atoms with E-state index in [1.807, 2.05) is 6.07 Å². The number of thiophene rings is 1. The molecule has 0 amide bonds. The zero-order chi connectivity index (χ0) is 35.9. The average Bonchev–Trinajstić information content (AvgIpc) is 3.52. The van der Waals surface area contributed by atoms with E-state index in [1.165, 1.54) is 45.4 Å². The summed E-state index contributed by atoms with van der Waals surface area (Å²) in [5.74, 6) is 0.737. The predicted octanol–water partition coefficient (Wildman–Crippen LogP) is 15.2. The van der Waals surface area contributed by atoms with E-state index in [2.05, 4.69) is 176 Å². The topological polar surface area (TPSA) is 25.8 Å². The first kappa shape index (κ1) is 38.3. The summed E-state index contributed by atoms with van der Waals surface area (Å²) in [6, 6.07) is 44.5. The molecule has 0 saturated carbocycles.